The smallest absolute Gasteiger partial charge is 0.158 e. The minimum atomic E-state index is 0.271. The Morgan fingerprint density at radius 1 is 1.47 bits per heavy atom. The van der Waals surface area contributed by atoms with E-state index in [-0.39, 0.29) is 5.41 Å². The minimum absolute atomic E-state index is 0.271. The summed E-state index contributed by atoms with van der Waals surface area (Å²) in [4.78, 5) is 4.42. The third-order valence-corrected chi connectivity index (χ3v) is 5.35. The van der Waals surface area contributed by atoms with Crippen LogP contribution in [0.3, 0.4) is 0 Å². The van der Waals surface area contributed by atoms with Gasteiger partial charge in [0.05, 0.1) is 15.2 Å². The van der Waals surface area contributed by atoms with Crippen LogP contribution in [0.15, 0.2) is 24.4 Å². The van der Waals surface area contributed by atoms with E-state index in [0.717, 1.165) is 31.0 Å². The molecule has 5 heteroatoms. The van der Waals surface area contributed by atoms with Crippen molar-refractivity contribution in [1.82, 2.24) is 4.98 Å². The van der Waals surface area contributed by atoms with E-state index in [1.807, 2.05) is 18.2 Å². The standard InChI is InChI=1S/C14H13ClINOS/c15-10-6-11(16)13(12-9(10)2-1-5-17-12)18-7-14(8-19)3-4-14/h1-2,5-6,19H,3-4,7-8H2. The number of nitrogens with zero attached hydrogens (tertiary/aromatic N) is 1. The van der Waals surface area contributed by atoms with E-state index in [2.05, 4.69) is 40.2 Å². The van der Waals surface area contributed by atoms with Crippen molar-refractivity contribution < 1.29 is 4.74 Å². The zero-order chi connectivity index (χ0) is 13.5. The highest BCUT2D eigenvalue weighted by Gasteiger charge is 2.42. The third-order valence-electron chi connectivity index (χ3n) is 3.57. The fourth-order valence-electron chi connectivity index (χ4n) is 2.03. The lowest BCUT2D eigenvalue weighted by Crippen LogP contribution is -2.15. The first-order chi connectivity index (χ1) is 9.15. The van der Waals surface area contributed by atoms with Crippen molar-refractivity contribution in [3.05, 3.63) is 33.0 Å². The summed E-state index contributed by atoms with van der Waals surface area (Å²) in [6.07, 6.45) is 4.17. The SMILES string of the molecule is SCC1(COc2c(I)cc(Cl)c3cccnc23)CC1. The van der Waals surface area contributed by atoms with Crippen molar-refractivity contribution >= 4 is 57.7 Å². The molecule has 0 aliphatic heterocycles. The fourth-order valence-corrected chi connectivity index (χ4v) is 3.61. The Bertz CT molecular complexity index is 630. The van der Waals surface area contributed by atoms with Crippen molar-refractivity contribution in [3.63, 3.8) is 0 Å². The molecule has 0 spiro atoms. The first-order valence-corrected chi connectivity index (χ1v) is 8.20. The second-order valence-electron chi connectivity index (χ2n) is 5.02. The summed E-state index contributed by atoms with van der Waals surface area (Å²) in [7, 11) is 0. The Kier molecular flexibility index (Phi) is 3.84. The molecular weight excluding hydrogens is 393 g/mol. The normalized spacial score (nSPS) is 16.6. The summed E-state index contributed by atoms with van der Waals surface area (Å²) in [5.74, 6) is 1.72. The number of thiol groups is 1. The largest absolute Gasteiger partial charge is 0.490 e. The van der Waals surface area contributed by atoms with Gasteiger partial charge in [-0.25, -0.2) is 0 Å². The first kappa shape index (κ1) is 13.8. The number of rotatable bonds is 4. The molecule has 0 saturated heterocycles. The zero-order valence-corrected chi connectivity index (χ0v) is 14.0. The minimum Gasteiger partial charge on any atom is -0.490 e. The molecule has 0 amide bonds. The molecule has 0 radical (unpaired) electrons. The highest BCUT2D eigenvalue weighted by molar-refractivity contribution is 14.1. The Morgan fingerprint density at radius 2 is 2.26 bits per heavy atom. The van der Waals surface area contributed by atoms with Crippen LogP contribution in [0.1, 0.15) is 12.8 Å². The zero-order valence-electron chi connectivity index (χ0n) is 10.2. The number of hydrogen-bond acceptors (Lipinski definition) is 3. The fraction of sp³-hybridized carbons (Fsp3) is 0.357. The third kappa shape index (κ3) is 2.67. The van der Waals surface area contributed by atoms with Crippen LogP contribution in [-0.2, 0) is 0 Å². The van der Waals surface area contributed by atoms with Crippen LogP contribution >= 0.6 is 46.8 Å². The predicted molar refractivity (Wildman–Crippen MR) is 90.5 cm³/mol. The summed E-state index contributed by atoms with van der Waals surface area (Å²) in [5.41, 5.74) is 1.11. The number of aromatic nitrogens is 1. The van der Waals surface area contributed by atoms with Gasteiger partial charge in [0.25, 0.3) is 0 Å². The quantitative estimate of drug-likeness (QED) is 0.594. The molecular formula is C14H13ClINOS. The van der Waals surface area contributed by atoms with Crippen LogP contribution in [0.4, 0.5) is 0 Å². The number of ether oxygens (including phenoxy) is 1. The summed E-state index contributed by atoms with van der Waals surface area (Å²) >= 11 is 12.9. The molecule has 1 aliphatic carbocycles. The lowest BCUT2D eigenvalue weighted by Gasteiger charge is -2.16. The van der Waals surface area contributed by atoms with Gasteiger partial charge in [-0.15, -0.1) is 0 Å². The topological polar surface area (TPSA) is 22.1 Å². The van der Waals surface area contributed by atoms with E-state index in [0.29, 0.717) is 6.61 Å². The lowest BCUT2D eigenvalue weighted by molar-refractivity contribution is 0.251. The van der Waals surface area contributed by atoms with Gasteiger partial charge in [0.1, 0.15) is 5.52 Å². The summed E-state index contributed by atoms with van der Waals surface area (Å²) in [5, 5.41) is 1.66. The Balaban J connectivity index is 1.98. The van der Waals surface area contributed by atoms with E-state index in [9.17, 15) is 0 Å². The van der Waals surface area contributed by atoms with Gasteiger partial charge < -0.3 is 4.74 Å². The maximum absolute atomic E-state index is 6.25. The molecule has 2 nitrogen and oxygen atoms in total. The van der Waals surface area contributed by atoms with Crippen molar-refractivity contribution in [2.24, 2.45) is 5.41 Å². The van der Waals surface area contributed by atoms with Crippen LogP contribution < -0.4 is 4.74 Å². The molecule has 1 aromatic heterocycles. The average Bonchev–Trinajstić information content (AvgIpc) is 3.19. The average molecular weight is 406 g/mol. The van der Waals surface area contributed by atoms with E-state index >= 15 is 0 Å². The number of halogens is 2. The van der Waals surface area contributed by atoms with Gasteiger partial charge in [0.2, 0.25) is 0 Å². The number of benzene rings is 1. The summed E-state index contributed by atoms with van der Waals surface area (Å²) in [6, 6.07) is 5.79. The van der Waals surface area contributed by atoms with Crippen molar-refractivity contribution in [2.45, 2.75) is 12.8 Å². The Morgan fingerprint density at radius 3 is 2.95 bits per heavy atom. The summed E-state index contributed by atoms with van der Waals surface area (Å²) < 4.78 is 7.05. The first-order valence-electron chi connectivity index (χ1n) is 6.12. The van der Waals surface area contributed by atoms with E-state index in [1.165, 1.54) is 12.8 Å². The van der Waals surface area contributed by atoms with Crippen molar-refractivity contribution in [1.29, 1.82) is 0 Å². The maximum atomic E-state index is 6.25. The second-order valence-corrected chi connectivity index (χ2v) is 6.90. The predicted octanol–water partition coefficient (Wildman–Crippen LogP) is 4.58. The second kappa shape index (κ2) is 5.30. The van der Waals surface area contributed by atoms with Gasteiger partial charge in [-0.05, 0) is 59.4 Å². The molecule has 1 heterocycles. The van der Waals surface area contributed by atoms with Crippen LogP contribution in [0.2, 0.25) is 5.02 Å². The van der Waals surface area contributed by atoms with Crippen molar-refractivity contribution in [3.8, 4) is 5.75 Å². The van der Waals surface area contributed by atoms with Gasteiger partial charge in [0, 0.05) is 17.0 Å². The highest BCUT2D eigenvalue weighted by atomic mass is 127. The molecule has 1 saturated carbocycles. The number of hydrogen-bond donors (Lipinski definition) is 1. The van der Waals surface area contributed by atoms with E-state index in [4.69, 9.17) is 16.3 Å². The molecule has 1 aliphatic rings. The molecule has 0 unspecified atom stereocenters. The highest BCUT2D eigenvalue weighted by Crippen LogP contribution is 2.47. The van der Waals surface area contributed by atoms with Gasteiger partial charge in [-0.2, -0.15) is 12.6 Å². The molecule has 2 aromatic rings. The van der Waals surface area contributed by atoms with Crippen LogP contribution in [0.25, 0.3) is 10.9 Å². The molecule has 0 atom stereocenters. The van der Waals surface area contributed by atoms with Gasteiger partial charge in [0.15, 0.2) is 5.75 Å². The molecule has 1 fully saturated rings. The molecule has 19 heavy (non-hydrogen) atoms. The summed E-state index contributed by atoms with van der Waals surface area (Å²) in [6.45, 7) is 0.708. The van der Waals surface area contributed by atoms with Crippen LogP contribution in [0, 0.1) is 8.99 Å². The van der Waals surface area contributed by atoms with Gasteiger partial charge in [-0.1, -0.05) is 11.6 Å². The Labute approximate surface area is 136 Å². The van der Waals surface area contributed by atoms with E-state index < -0.39 is 0 Å². The maximum Gasteiger partial charge on any atom is 0.158 e. The molecule has 3 rings (SSSR count). The molecule has 0 N–H and O–H groups in total. The Hall–Kier alpha value is -0.200. The lowest BCUT2D eigenvalue weighted by atomic mass is 10.1. The van der Waals surface area contributed by atoms with Gasteiger partial charge in [-0.3, -0.25) is 4.98 Å². The van der Waals surface area contributed by atoms with Crippen LogP contribution in [-0.4, -0.2) is 17.3 Å². The van der Waals surface area contributed by atoms with Crippen molar-refractivity contribution in [2.75, 3.05) is 12.4 Å². The van der Waals surface area contributed by atoms with Crippen LogP contribution in [0.5, 0.6) is 5.75 Å². The molecule has 100 valence electrons. The number of fused-ring (bicyclic) bond motifs is 1. The van der Waals surface area contributed by atoms with Gasteiger partial charge >= 0.3 is 0 Å². The molecule has 1 aromatic carbocycles. The monoisotopic (exact) mass is 405 g/mol. The number of pyridine rings is 1. The van der Waals surface area contributed by atoms with E-state index in [1.54, 1.807) is 6.20 Å². The molecule has 0 bridgehead atoms.